The normalized spacial score (nSPS) is 21.7. The lowest BCUT2D eigenvalue weighted by atomic mass is 9.73. The summed E-state index contributed by atoms with van der Waals surface area (Å²) in [6.45, 7) is 7.11. The number of oxazole rings is 1. The highest BCUT2D eigenvalue weighted by Crippen LogP contribution is 2.38. The van der Waals surface area contributed by atoms with Crippen molar-refractivity contribution >= 4 is 17.8 Å². The van der Waals surface area contributed by atoms with Gasteiger partial charge in [0.15, 0.2) is 6.39 Å². The van der Waals surface area contributed by atoms with Crippen LogP contribution in [0.15, 0.2) is 35.2 Å². The Hall–Kier alpha value is -3.23. The van der Waals surface area contributed by atoms with Crippen molar-refractivity contribution in [3.63, 3.8) is 0 Å². The Morgan fingerprint density at radius 3 is 2.61 bits per heavy atom. The van der Waals surface area contributed by atoms with Crippen molar-refractivity contribution in [3.05, 3.63) is 47.9 Å². The number of imide groups is 1. The van der Waals surface area contributed by atoms with Gasteiger partial charge in [-0.05, 0) is 56.6 Å². The van der Waals surface area contributed by atoms with E-state index in [9.17, 15) is 14.4 Å². The summed E-state index contributed by atoms with van der Waals surface area (Å²) < 4.78 is 5.27. The molecular weight excluding hydrogens is 422 g/mol. The van der Waals surface area contributed by atoms with E-state index in [0.29, 0.717) is 49.7 Å². The lowest BCUT2D eigenvalue weighted by Gasteiger charge is -2.41. The number of piperidine rings is 1. The van der Waals surface area contributed by atoms with Crippen molar-refractivity contribution in [2.24, 2.45) is 11.8 Å². The van der Waals surface area contributed by atoms with E-state index in [0.717, 1.165) is 6.42 Å². The number of aromatic nitrogens is 2. The molecule has 4 amide bonds. The third kappa shape index (κ3) is 4.49. The Balaban J connectivity index is 1.51. The number of hydrogen-bond acceptors (Lipinski definition) is 6. The highest BCUT2D eigenvalue weighted by molar-refractivity contribution is 6.07. The first-order chi connectivity index (χ1) is 15.8. The van der Waals surface area contributed by atoms with Crippen molar-refractivity contribution in [2.45, 2.75) is 58.5 Å². The van der Waals surface area contributed by atoms with Crippen LogP contribution in [0.4, 0.5) is 4.79 Å². The molecule has 4 rings (SSSR count). The zero-order valence-electron chi connectivity index (χ0n) is 19.4. The zero-order chi connectivity index (χ0) is 23.6. The van der Waals surface area contributed by atoms with Crippen LogP contribution in [-0.2, 0) is 11.3 Å². The molecule has 9 nitrogen and oxygen atoms in total. The van der Waals surface area contributed by atoms with Gasteiger partial charge in [0.05, 0.1) is 17.9 Å². The summed E-state index contributed by atoms with van der Waals surface area (Å²) >= 11 is 0. The molecule has 2 fully saturated rings. The number of pyridine rings is 1. The molecule has 1 N–H and O–H groups in total. The van der Waals surface area contributed by atoms with Gasteiger partial charge in [-0.15, -0.1) is 0 Å². The van der Waals surface area contributed by atoms with Crippen molar-refractivity contribution in [2.75, 3.05) is 13.1 Å². The molecule has 2 aliphatic rings. The quantitative estimate of drug-likeness (QED) is 0.645. The minimum atomic E-state index is -0.951. The molecule has 0 radical (unpaired) electrons. The Morgan fingerprint density at radius 1 is 1.24 bits per heavy atom. The molecule has 9 heteroatoms. The van der Waals surface area contributed by atoms with Gasteiger partial charge >= 0.3 is 6.03 Å². The van der Waals surface area contributed by atoms with Gasteiger partial charge in [0.25, 0.3) is 11.8 Å². The Kier molecular flexibility index (Phi) is 6.49. The van der Waals surface area contributed by atoms with Gasteiger partial charge in [-0.3, -0.25) is 19.5 Å². The van der Waals surface area contributed by atoms with E-state index in [4.69, 9.17) is 4.42 Å². The molecule has 2 aromatic rings. The monoisotopic (exact) mass is 453 g/mol. The van der Waals surface area contributed by atoms with Crippen LogP contribution in [0.3, 0.4) is 0 Å². The predicted molar refractivity (Wildman–Crippen MR) is 120 cm³/mol. The maximum Gasteiger partial charge on any atom is 0.325 e. The number of carbonyl (C=O) groups is 3. The fourth-order valence-corrected chi connectivity index (χ4v) is 4.83. The summed E-state index contributed by atoms with van der Waals surface area (Å²) in [5.74, 6) is 0.233. The van der Waals surface area contributed by atoms with Crippen LogP contribution in [0.2, 0.25) is 0 Å². The van der Waals surface area contributed by atoms with Crippen LogP contribution >= 0.6 is 0 Å². The van der Waals surface area contributed by atoms with E-state index in [1.165, 1.54) is 11.3 Å². The third-order valence-corrected chi connectivity index (χ3v) is 6.78. The maximum absolute atomic E-state index is 13.7. The number of amides is 4. The van der Waals surface area contributed by atoms with E-state index in [1.807, 2.05) is 12.1 Å². The number of aryl methyl sites for hydroxylation is 1. The van der Waals surface area contributed by atoms with Crippen molar-refractivity contribution in [3.8, 4) is 0 Å². The lowest BCUT2D eigenvalue weighted by molar-refractivity contribution is -0.134. The average molecular weight is 454 g/mol. The third-order valence-electron chi connectivity index (χ3n) is 6.78. The standard InChI is InChI=1S/C24H31N5O4/c1-16(2)7-10-24(22(31)29(23(32)27-24)14-19-6-4-5-11-25-19)18-8-12-28(13-9-18)21(30)20-17(3)26-15-33-20/h4-6,11,15-16,18H,7-10,12-14H2,1-3H3,(H,27,32). The van der Waals surface area contributed by atoms with Crippen molar-refractivity contribution in [1.82, 2.24) is 25.1 Å². The van der Waals surface area contributed by atoms with Crippen molar-refractivity contribution in [1.29, 1.82) is 0 Å². The van der Waals surface area contributed by atoms with Crippen molar-refractivity contribution < 1.29 is 18.8 Å². The number of nitrogens with one attached hydrogen (secondary N) is 1. The Labute approximate surface area is 193 Å². The first-order valence-corrected chi connectivity index (χ1v) is 11.5. The molecule has 33 heavy (non-hydrogen) atoms. The van der Waals surface area contributed by atoms with E-state index >= 15 is 0 Å². The topological polar surface area (TPSA) is 109 Å². The number of hydrogen-bond donors (Lipinski definition) is 1. The van der Waals surface area contributed by atoms with Crippen LogP contribution in [-0.4, -0.2) is 56.2 Å². The number of nitrogens with zero attached hydrogens (tertiary/aromatic N) is 4. The second kappa shape index (κ2) is 9.33. The van der Waals surface area contributed by atoms with E-state index < -0.39 is 5.54 Å². The van der Waals surface area contributed by atoms with E-state index in [1.54, 1.807) is 24.1 Å². The predicted octanol–water partition coefficient (Wildman–Crippen LogP) is 3.16. The van der Waals surface area contributed by atoms with E-state index in [-0.39, 0.29) is 36.1 Å². The molecule has 2 aromatic heterocycles. The van der Waals surface area contributed by atoms with Crippen LogP contribution in [0.1, 0.15) is 61.5 Å². The molecule has 176 valence electrons. The smallest absolute Gasteiger partial charge is 0.325 e. The summed E-state index contributed by atoms with van der Waals surface area (Å²) in [5, 5.41) is 3.07. The number of urea groups is 1. The molecule has 0 saturated carbocycles. The SMILES string of the molecule is Cc1ncoc1C(=O)N1CCC(C2(CCC(C)C)NC(=O)N(Cc3ccccn3)C2=O)CC1. The number of rotatable bonds is 7. The minimum Gasteiger partial charge on any atom is -0.438 e. The van der Waals surface area contributed by atoms with Crippen LogP contribution in [0.5, 0.6) is 0 Å². The Bertz CT molecular complexity index is 1010. The van der Waals surface area contributed by atoms with Gasteiger partial charge in [0.1, 0.15) is 5.54 Å². The van der Waals surface area contributed by atoms with Crippen LogP contribution < -0.4 is 5.32 Å². The van der Waals surface area contributed by atoms with Crippen LogP contribution in [0.25, 0.3) is 0 Å². The zero-order valence-corrected chi connectivity index (χ0v) is 19.4. The summed E-state index contributed by atoms with van der Waals surface area (Å²) in [4.78, 5) is 50.8. The molecule has 1 unspecified atom stereocenters. The average Bonchev–Trinajstić information content (AvgIpc) is 3.35. The fourth-order valence-electron chi connectivity index (χ4n) is 4.83. The van der Waals surface area contributed by atoms with E-state index in [2.05, 4.69) is 29.1 Å². The van der Waals surface area contributed by atoms with Gasteiger partial charge in [-0.25, -0.2) is 9.78 Å². The first-order valence-electron chi connectivity index (χ1n) is 11.5. The largest absolute Gasteiger partial charge is 0.438 e. The minimum absolute atomic E-state index is 0.0543. The first kappa shape index (κ1) is 22.9. The number of carbonyl (C=O) groups excluding carboxylic acids is 3. The second-order valence-electron chi connectivity index (χ2n) is 9.38. The second-order valence-corrected chi connectivity index (χ2v) is 9.38. The maximum atomic E-state index is 13.7. The lowest BCUT2D eigenvalue weighted by Crippen LogP contribution is -2.56. The highest BCUT2D eigenvalue weighted by atomic mass is 16.3. The van der Waals surface area contributed by atoms with Crippen LogP contribution in [0, 0.1) is 18.8 Å². The molecule has 0 aromatic carbocycles. The van der Waals surface area contributed by atoms with Gasteiger partial charge in [-0.1, -0.05) is 19.9 Å². The van der Waals surface area contributed by atoms with Gasteiger partial charge in [0, 0.05) is 19.3 Å². The molecule has 2 saturated heterocycles. The van der Waals surface area contributed by atoms with Gasteiger partial charge < -0.3 is 14.6 Å². The summed E-state index contributed by atoms with van der Waals surface area (Å²) in [6.07, 6.45) is 5.58. The summed E-state index contributed by atoms with van der Waals surface area (Å²) in [7, 11) is 0. The molecule has 1 atom stereocenters. The molecule has 0 aliphatic carbocycles. The Morgan fingerprint density at radius 2 is 2.00 bits per heavy atom. The molecule has 2 aliphatic heterocycles. The molecule has 0 spiro atoms. The molecular formula is C24H31N5O4. The summed E-state index contributed by atoms with van der Waals surface area (Å²) in [6, 6.07) is 5.09. The number of likely N-dealkylation sites (tertiary alicyclic amines) is 1. The van der Waals surface area contributed by atoms with Gasteiger partial charge in [-0.2, -0.15) is 0 Å². The van der Waals surface area contributed by atoms with Gasteiger partial charge in [0.2, 0.25) is 5.76 Å². The fraction of sp³-hybridized carbons (Fsp3) is 0.542. The summed E-state index contributed by atoms with van der Waals surface area (Å²) in [5.41, 5.74) is 0.287. The highest BCUT2D eigenvalue weighted by Gasteiger charge is 2.55. The molecule has 0 bridgehead atoms. The molecule has 4 heterocycles.